The average molecular weight is 181 g/mol. The number of nitrogens with zero attached hydrogens (tertiary/aromatic N) is 2. The Morgan fingerprint density at radius 1 is 2.00 bits per heavy atom. The quantitative estimate of drug-likeness (QED) is 0.624. The molecule has 0 unspecified atom stereocenters. The summed E-state index contributed by atoms with van der Waals surface area (Å²) in [5, 5.41) is 6.00. The molecule has 0 radical (unpaired) electrons. The minimum absolute atomic E-state index is 0.571. The van der Waals surface area contributed by atoms with E-state index in [0.717, 1.165) is 0 Å². The molecular weight excluding hydrogens is 177 g/mol. The summed E-state index contributed by atoms with van der Waals surface area (Å²) in [7, 11) is 0. The molecule has 0 amide bonds. The van der Waals surface area contributed by atoms with Crippen LogP contribution >= 0.6 is 15.9 Å². The third-order valence-corrected chi connectivity index (χ3v) is 1.06. The van der Waals surface area contributed by atoms with Crippen molar-refractivity contribution in [3.05, 3.63) is 10.8 Å². The van der Waals surface area contributed by atoms with Crippen LogP contribution in [0.3, 0.4) is 0 Å². The molecule has 1 aromatic rings. The molecule has 1 heterocycles. The highest BCUT2D eigenvalue weighted by molar-refractivity contribution is 9.10. The first-order chi connectivity index (χ1) is 3.83. The molecule has 0 fully saturated rings. The summed E-state index contributed by atoms with van der Waals surface area (Å²) >= 11 is 3.04. The minimum atomic E-state index is -0.571. The van der Waals surface area contributed by atoms with E-state index >= 15 is 0 Å². The van der Waals surface area contributed by atoms with Gasteiger partial charge in [-0.2, -0.15) is 4.39 Å². The van der Waals surface area contributed by atoms with Gasteiger partial charge in [-0.25, -0.2) is 0 Å². The van der Waals surface area contributed by atoms with Crippen molar-refractivity contribution in [3.8, 4) is 0 Å². The van der Waals surface area contributed by atoms with E-state index in [-0.39, 0.29) is 0 Å². The monoisotopic (exact) mass is 180 g/mol. The first-order valence-corrected chi connectivity index (χ1v) is 2.78. The van der Waals surface area contributed by atoms with Gasteiger partial charge in [0.2, 0.25) is 6.80 Å². The maximum absolute atomic E-state index is 11.6. The van der Waals surface area contributed by atoms with Gasteiger partial charge in [-0.1, -0.05) is 5.21 Å². The van der Waals surface area contributed by atoms with Gasteiger partial charge < -0.3 is 0 Å². The number of H-pyrrole nitrogens is 1. The lowest BCUT2D eigenvalue weighted by atomic mass is 10.9. The van der Waals surface area contributed by atoms with E-state index in [1.807, 2.05) is 0 Å². The molecule has 44 valence electrons. The molecule has 0 saturated carbocycles. The third-order valence-electron chi connectivity index (χ3n) is 0.676. The van der Waals surface area contributed by atoms with Gasteiger partial charge in [0.1, 0.15) is 0 Å². The SMILES string of the molecule is FC[n+]1cc(Br)n[nH]1. The van der Waals surface area contributed by atoms with Crippen LogP contribution < -0.4 is 4.68 Å². The molecule has 1 rings (SSSR count). The number of aromatic amines is 1. The zero-order chi connectivity index (χ0) is 5.98. The van der Waals surface area contributed by atoms with Gasteiger partial charge in [-0.15, -0.1) is 4.68 Å². The van der Waals surface area contributed by atoms with Gasteiger partial charge in [0.15, 0.2) is 6.20 Å². The molecule has 0 aliphatic heterocycles. The average Bonchev–Trinajstić information content (AvgIpc) is 2.14. The summed E-state index contributed by atoms with van der Waals surface area (Å²) in [6.07, 6.45) is 1.51. The van der Waals surface area contributed by atoms with Crippen LogP contribution in [0.1, 0.15) is 0 Å². The fourth-order valence-corrected chi connectivity index (χ4v) is 0.686. The van der Waals surface area contributed by atoms with Crippen LogP contribution in [0.15, 0.2) is 10.8 Å². The second-order valence-electron chi connectivity index (χ2n) is 1.25. The smallest absolute Gasteiger partial charge is 0.198 e. The molecule has 0 aliphatic rings. The Kier molecular flexibility index (Phi) is 1.57. The second-order valence-corrected chi connectivity index (χ2v) is 2.07. The van der Waals surface area contributed by atoms with E-state index in [9.17, 15) is 4.39 Å². The van der Waals surface area contributed by atoms with Gasteiger partial charge in [0, 0.05) is 15.9 Å². The molecular formula is C3H4BrFN3+. The van der Waals surface area contributed by atoms with Gasteiger partial charge >= 0.3 is 0 Å². The van der Waals surface area contributed by atoms with Crippen LogP contribution in [-0.2, 0) is 6.80 Å². The van der Waals surface area contributed by atoms with Crippen molar-refractivity contribution < 1.29 is 9.07 Å². The van der Waals surface area contributed by atoms with Crippen molar-refractivity contribution in [1.29, 1.82) is 0 Å². The van der Waals surface area contributed by atoms with Crippen molar-refractivity contribution in [2.24, 2.45) is 0 Å². The molecule has 1 N–H and O–H groups in total. The number of halogens is 2. The highest BCUT2D eigenvalue weighted by Gasteiger charge is 2.01. The molecule has 0 saturated heterocycles. The molecule has 0 aromatic carbocycles. The van der Waals surface area contributed by atoms with Crippen LogP contribution in [-0.4, -0.2) is 10.3 Å². The van der Waals surface area contributed by atoms with Crippen molar-refractivity contribution >= 4 is 15.9 Å². The Labute approximate surface area is 53.6 Å². The Hall–Kier alpha value is -0.450. The maximum atomic E-state index is 11.6. The zero-order valence-electron chi connectivity index (χ0n) is 3.93. The van der Waals surface area contributed by atoms with Crippen LogP contribution in [0.5, 0.6) is 0 Å². The van der Waals surface area contributed by atoms with E-state index in [0.29, 0.717) is 4.60 Å². The Balaban J connectivity index is 2.84. The Morgan fingerprint density at radius 2 is 2.75 bits per heavy atom. The molecule has 5 heteroatoms. The number of aromatic nitrogens is 3. The van der Waals surface area contributed by atoms with Crippen molar-refractivity contribution in [2.45, 2.75) is 6.80 Å². The predicted molar refractivity (Wildman–Crippen MR) is 27.6 cm³/mol. The molecule has 3 nitrogen and oxygen atoms in total. The molecule has 8 heavy (non-hydrogen) atoms. The molecule has 1 aromatic heterocycles. The fourth-order valence-electron chi connectivity index (χ4n) is 0.360. The highest BCUT2D eigenvalue weighted by Crippen LogP contribution is 1.96. The summed E-state index contributed by atoms with van der Waals surface area (Å²) in [6, 6.07) is 0. The van der Waals surface area contributed by atoms with Crippen LogP contribution in [0.25, 0.3) is 0 Å². The first kappa shape index (κ1) is 5.68. The zero-order valence-corrected chi connectivity index (χ0v) is 5.52. The van der Waals surface area contributed by atoms with Crippen LogP contribution in [0.2, 0.25) is 0 Å². The maximum Gasteiger partial charge on any atom is 0.283 e. The molecule has 0 spiro atoms. The number of nitrogens with one attached hydrogen (secondary N) is 1. The van der Waals surface area contributed by atoms with Gasteiger partial charge in [0.05, 0.1) is 5.10 Å². The normalized spacial score (nSPS) is 9.75. The number of alkyl halides is 1. The topological polar surface area (TPSA) is 32.6 Å². The van der Waals surface area contributed by atoms with Crippen molar-refractivity contribution in [2.75, 3.05) is 0 Å². The van der Waals surface area contributed by atoms with E-state index in [2.05, 4.69) is 26.2 Å². The lowest BCUT2D eigenvalue weighted by Gasteiger charge is -1.75. The van der Waals surface area contributed by atoms with E-state index < -0.39 is 6.80 Å². The second kappa shape index (κ2) is 2.21. The molecule has 0 aliphatic carbocycles. The van der Waals surface area contributed by atoms with Gasteiger partial charge in [0.25, 0.3) is 4.60 Å². The lowest BCUT2D eigenvalue weighted by molar-refractivity contribution is -0.772. The van der Waals surface area contributed by atoms with Gasteiger partial charge in [-0.05, 0) is 0 Å². The standard InChI is InChI=1S/C3H3BrFN3/c4-3-1-8(2-5)7-6-3/h1H,2H2/p+1. The largest absolute Gasteiger partial charge is 0.283 e. The summed E-state index contributed by atoms with van der Waals surface area (Å²) in [4.78, 5) is 0. The fraction of sp³-hybridized carbons (Fsp3) is 0.333. The van der Waals surface area contributed by atoms with Crippen LogP contribution in [0, 0.1) is 0 Å². The molecule has 0 bridgehead atoms. The number of hydrogen-bond acceptors (Lipinski definition) is 1. The predicted octanol–water partition coefficient (Wildman–Crippen LogP) is 0.387. The summed E-state index contributed by atoms with van der Waals surface area (Å²) < 4.78 is 13.4. The number of rotatable bonds is 1. The minimum Gasteiger partial charge on any atom is -0.198 e. The van der Waals surface area contributed by atoms with E-state index in [1.54, 1.807) is 0 Å². The van der Waals surface area contributed by atoms with Crippen molar-refractivity contribution in [3.63, 3.8) is 0 Å². The van der Waals surface area contributed by atoms with Crippen LogP contribution in [0.4, 0.5) is 4.39 Å². The lowest BCUT2D eigenvalue weighted by Crippen LogP contribution is -2.32. The van der Waals surface area contributed by atoms with Crippen molar-refractivity contribution in [1.82, 2.24) is 10.3 Å². The third kappa shape index (κ3) is 1.03. The van der Waals surface area contributed by atoms with E-state index in [4.69, 9.17) is 0 Å². The summed E-state index contributed by atoms with van der Waals surface area (Å²) in [6.45, 7) is -0.571. The number of hydrogen-bond donors (Lipinski definition) is 1. The highest BCUT2D eigenvalue weighted by atomic mass is 79.9. The first-order valence-electron chi connectivity index (χ1n) is 1.99. The van der Waals surface area contributed by atoms with E-state index in [1.165, 1.54) is 10.9 Å². The van der Waals surface area contributed by atoms with Gasteiger partial charge in [-0.3, -0.25) is 0 Å². The summed E-state index contributed by atoms with van der Waals surface area (Å²) in [5.74, 6) is 0. The Morgan fingerprint density at radius 3 is 3.00 bits per heavy atom. The Bertz CT molecular complexity index is 175. The summed E-state index contributed by atoms with van der Waals surface area (Å²) in [5.41, 5.74) is 0. The molecule has 0 atom stereocenters.